The van der Waals surface area contributed by atoms with Crippen molar-refractivity contribution < 1.29 is 35.2 Å². The number of hydrogen-bond acceptors (Lipinski definition) is 5. The van der Waals surface area contributed by atoms with E-state index in [2.05, 4.69) is 15.6 Å². The number of alkyl halides is 3. The van der Waals surface area contributed by atoms with E-state index in [9.17, 15) is 35.2 Å². The first-order chi connectivity index (χ1) is 18.4. The molecule has 0 aliphatic rings. The van der Waals surface area contributed by atoms with Gasteiger partial charge in [-0.05, 0) is 48.9 Å². The number of halogens is 5. The zero-order valence-electron chi connectivity index (χ0n) is 20.2. The van der Waals surface area contributed by atoms with E-state index in [1.54, 1.807) is 25.1 Å². The van der Waals surface area contributed by atoms with Gasteiger partial charge in [0, 0.05) is 16.8 Å². The molecular formula is C26H21F5N4O3S. The van der Waals surface area contributed by atoms with Crippen LogP contribution in [0.2, 0.25) is 0 Å². The molecule has 1 amide bonds. The molecule has 4 aromatic rings. The van der Waals surface area contributed by atoms with Crippen molar-refractivity contribution in [2.75, 3.05) is 21.1 Å². The number of carbonyl (C=O) groups excluding carboxylic acids is 1. The van der Waals surface area contributed by atoms with Crippen molar-refractivity contribution in [1.82, 2.24) is 4.98 Å². The Labute approximate surface area is 220 Å². The minimum absolute atomic E-state index is 0.0650. The highest BCUT2D eigenvalue weighted by Gasteiger charge is 2.33. The van der Waals surface area contributed by atoms with Crippen molar-refractivity contribution >= 4 is 49.6 Å². The van der Waals surface area contributed by atoms with Crippen LogP contribution >= 0.6 is 0 Å². The predicted octanol–water partition coefficient (Wildman–Crippen LogP) is 6.68. The first kappa shape index (κ1) is 27.8. The Bertz CT molecular complexity index is 1660. The Kier molecular flexibility index (Phi) is 7.72. The highest BCUT2D eigenvalue weighted by Crippen LogP contribution is 2.34. The van der Waals surface area contributed by atoms with E-state index in [0.717, 1.165) is 18.2 Å². The molecule has 4 rings (SSSR count). The summed E-state index contributed by atoms with van der Waals surface area (Å²) in [5.74, 6) is -4.13. The molecule has 0 aliphatic carbocycles. The van der Waals surface area contributed by atoms with E-state index in [1.807, 2.05) is 4.72 Å². The molecule has 0 fully saturated rings. The van der Waals surface area contributed by atoms with E-state index < -0.39 is 50.7 Å². The molecule has 1 heterocycles. The molecule has 0 saturated heterocycles. The number of pyridine rings is 1. The molecule has 13 heteroatoms. The van der Waals surface area contributed by atoms with E-state index in [4.69, 9.17) is 0 Å². The number of hydrogen-bond donors (Lipinski definition) is 3. The van der Waals surface area contributed by atoms with Gasteiger partial charge in [-0.3, -0.25) is 9.52 Å². The summed E-state index contributed by atoms with van der Waals surface area (Å²) in [4.78, 5) is 16.4. The number of nitrogens with zero attached hydrogens (tertiary/aromatic N) is 1. The number of anilines is 4. The smallest absolute Gasteiger partial charge is 0.355 e. The summed E-state index contributed by atoms with van der Waals surface area (Å²) in [7, 11) is -3.91. The molecule has 3 N–H and O–H groups in total. The van der Waals surface area contributed by atoms with Crippen LogP contribution in [-0.4, -0.2) is 25.1 Å². The Morgan fingerprint density at radius 3 is 2.36 bits per heavy atom. The molecule has 0 bridgehead atoms. The third kappa shape index (κ3) is 6.42. The van der Waals surface area contributed by atoms with Gasteiger partial charge in [-0.25, -0.2) is 22.2 Å². The van der Waals surface area contributed by atoms with Gasteiger partial charge in [0.15, 0.2) is 5.82 Å². The van der Waals surface area contributed by atoms with Crippen LogP contribution in [0.5, 0.6) is 0 Å². The lowest BCUT2D eigenvalue weighted by Crippen LogP contribution is -2.20. The lowest BCUT2D eigenvalue weighted by atomic mass is 10.1. The normalized spacial score (nSPS) is 11.8. The number of sulfonamides is 1. The standard InChI is InChI=1S/C26H21F5N4O3S/c1-2-12-39(37,38)35-20-11-10-18(27)23(24(20)28)25(36)33-16-7-5-6-15(13-16)32-21-14-22(26(29,30)31)34-19-9-4-3-8-17(19)21/h3-11,13-14,35H,2,12H2,1H3,(H,32,34)(H,33,36). The first-order valence-electron chi connectivity index (χ1n) is 11.5. The third-order valence-corrected chi connectivity index (χ3v) is 6.94. The fourth-order valence-electron chi connectivity index (χ4n) is 3.77. The highest BCUT2D eigenvalue weighted by atomic mass is 32.2. The van der Waals surface area contributed by atoms with Crippen molar-refractivity contribution in [2.24, 2.45) is 0 Å². The van der Waals surface area contributed by atoms with Crippen LogP contribution in [-0.2, 0) is 16.2 Å². The Hall–Kier alpha value is -4.26. The molecule has 0 atom stereocenters. The van der Waals surface area contributed by atoms with E-state index in [0.29, 0.717) is 5.39 Å². The maximum atomic E-state index is 15.0. The number of amides is 1. The molecule has 0 radical (unpaired) electrons. The molecular weight excluding hydrogens is 543 g/mol. The average Bonchev–Trinajstić information content (AvgIpc) is 2.85. The molecule has 7 nitrogen and oxygen atoms in total. The number of rotatable bonds is 8. The average molecular weight is 565 g/mol. The fraction of sp³-hybridized carbons (Fsp3) is 0.154. The molecule has 1 aromatic heterocycles. The van der Waals surface area contributed by atoms with E-state index in [1.165, 1.54) is 30.3 Å². The number of para-hydroxylation sites is 1. The van der Waals surface area contributed by atoms with Crippen LogP contribution in [0.3, 0.4) is 0 Å². The van der Waals surface area contributed by atoms with Crippen molar-refractivity contribution in [2.45, 2.75) is 19.5 Å². The Balaban J connectivity index is 1.62. The SMILES string of the molecule is CCCS(=O)(=O)Nc1ccc(F)c(C(=O)Nc2cccc(Nc3cc(C(F)(F)F)nc4ccccc34)c2)c1F. The van der Waals surface area contributed by atoms with Crippen molar-refractivity contribution in [3.8, 4) is 0 Å². The molecule has 39 heavy (non-hydrogen) atoms. The van der Waals surface area contributed by atoms with Gasteiger partial charge in [0.1, 0.15) is 17.1 Å². The highest BCUT2D eigenvalue weighted by molar-refractivity contribution is 7.92. The van der Waals surface area contributed by atoms with Crippen molar-refractivity contribution in [1.29, 1.82) is 0 Å². The third-order valence-electron chi connectivity index (χ3n) is 5.46. The van der Waals surface area contributed by atoms with E-state index in [-0.39, 0.29) is 34.8 Å². The topological polar surface area (TPSA) is 100 Å². The molecule has 0 unspecified atom stereocenters. The first-order valence-corrected chi connectivity index (χ1v) is 13.2. The molecule has 0 saturated carbocycles. The van der Waals surface area contributed by atoms with Gasteiger partial charge in [0.25, 0.3) is 5.91 Å². The zero-order chi connectivity index (χ0) is 28.4. The minimum atomic E-state index is -4.69. The largest absolute Gasteiger partial charge is 0.433 e. The second-order valence-corrected chi connectivity index (χ2v) is 10.3. The second-order valence-electron chi connectivity index (χ2n) is 8.43. The van der Waals surface area contributed by atoms with Gasteiger partial charge in [-0.1, -0.05) is 31.2 Å². The van der Waals surface area contributed by atoms with Crippen LogP contribution in [0.15, 0.2) is 66.7 Å². The number of nitrogens with one attached hydrogen (secondary N) is 3. The van der Waals surface area contributed by atoms with Crippen LogP contribution < -0.4 is 15.4 Å². The van der Waals surface area contributed by atoms with Crippen LogP contribution in [0.25, 0.3) is 10.9 Å². The monoisotopic (exact) mass is 564 g/mol. The summed E-state index contributed by atoms with van der Waals surface area (Å²) in [6.45, 7) is 1.61. The van der Waals surface area contributed by atoms with Gasteiger partial charge >= 0.3 is 6.18 Å². The maximum Gasteiger partial charge on any atom is 0.433 e. The summed E-state index contributed by atoms with van der Waals surface area (Å²) in [6.07, 6.45) is -4.44. The Morgan fingerprint density at radius 2 is 1.64 bits per heavy atom. The molecule has 0 aliphatic heterocycles. The molecule has 0 spiro atoms. The lowest BCUT2D eigenvalue weighted by molar-refractivity contribution is -0.140. The van der Waals surface area contributed by atoms with Crippen molar-refractivity contribution in [3.05, 3.63) is 89.6 Å². The maximum absolute atomic E-state index is 15.0. The second kappa shape index (κ2) is 10.8. The van der Waals surface area contributed by atoms with E-state index >= 15 is 0 Å². The summed E-state index contributed by atoms with van der Waals surface area (Å²) >= 11 is 0. The van der Waals surface area contributed by atoms with Crippen LogP contribution in [0.4, 0.5) is 44.7 Å². The van der Waals surface area contributed by atoms with Gasteiger partial charge in [0.2, 0.25) is 10.0 Å². The van der Waals surface area contributed by atoms with Crippen LogP contribution in [0.1, 0.15) is 29.4 Å². The number of benzene rings is 3. The number of aromatic nitrogens is 1. The lowest BCUT2D eigenvalue weighted by Gasteiger charge is -2.15. The summed E-state index contributed by atoms with van der Waals surface area (Å²) in [5, 5.41) is 5.60. The van der Waals surface area contributed by atoms with Gasteiger partial charge in [-0.2, -0.15) is 13.2 Å². The van der Waals surface area contributed by atoms with Gasteiger partial charge < -0.3 is 10.6 Å². The number of carbonyl (C=O) groups is 1. The zero-order valence-corrected chi connectivity index (χ0v) is 21.1. The van der Waals surface area contributed by atoms with Gasteiger partial charge in [0.05, 0.1) is 22.6 Å². The quantitative estimate of drug-likeness (QED) is 0.207. The summed E-state index contributed by atoms with van der Waals surface area (Å²) < 4.78 is 95.6. The molecule has 3 aromatic carbocycles. The Morgan fingerprint density at radius 1 is 0.923 bits per heavy atom. The van der Waals surface area contributed by atoms with Crippen molar-refractivity contribution in [3.63, 3.8) is 0 Å². The van der Waals surface area contributed by atoms with Gasteiger partial charge in [-0.15, -0.1) is 0 Å². The number of fused-ring (bicyclic) bond motifs is 1. The predicted molar refractivity (Wildman–Crippen MR) is 138 cm³/mol. The summed E-state index contributed by atoms with van der Waals surface area (Å²) in [5.41, 5.74) is -2.17. The van der Waals surface area contributed by atoms with Crippen LogP contribution in [0, 0.1) is 11.6 Å². The molecule has 204 valence electrons. The fourth-order valence-corrected chi connectivity index (χ4v) is 4.91. The minimum Gasteiger partial charge on any atom is -0.355 e. The summed E-state index contributed by atoms with van der Waals surface area (Å²) in [6, 6.07) is 14.4.